The topological polar surface area (TPSA) is 29.5 Å². The van der Waals surface area contributed by atoms with Gasteiger partial charge in [0.05, 0.1) is 6.04 Å². The van der Waals surface area contributed by atoms with Crippen LogP contribution in [0.1, 0.15) is 12.8 Å². The molecule has 0 unspecified atom stereocenters. The van der Waals surface area contributed by atoms with E-state index < -0.39 is 0 Å². The Labute approximate surface area is 65.6 Å². The van der Waals surface area contributed by atoms with Crippen LogP contribution in [0.5, 0.6) is 0 Å². The molecule has 0 radical (unpaired) electrons. The molecule has 2 aliphatic rings. The first kappa shape index (κ1) is 6.70. The predicted molar refractivity (Wildman–Crippen MR) is 40.2 cm³/mol. The minimum Gasteiger partial charge on any atom is -0.447 e. The molecule has 0 spiro atoms. The van der Waals surface area contributed by atoms with Gasteiger partial charge in [0.2, 0.25) is 0 Å². The van der Waals surface area contributed by atoms with Gasteiger partial charge in [0.1, 0.15) is 6.61 Å². The maximum atomic E-state index is 11.0. The summed E-state index contributed by atoms with van der Waals surface area (Å²) < 4.78 is 4.91. The highest BCUT2D eigenvalue weighted by Gasteiger charge is 2.31. The standard InChI is InChI=1S/C8H11NO2/c10-8-9-5-3-1-2-4-7(9)6-11-8/h1-2,7H,3-6H2/t7-/m1/s1. The highest BCUT2D eigenvalue weighted by atomic mass is 16.6. The third-order valence-corrected chi connectivity index (χ3v) is 2.19. The Kier molecular flexibility index (Phi) is 1.56. The van der Waals surface area contributed by atoms with E-state index >= 15 is 0 Å². The fourth-order valence-corrected chi connectivity index (χ4v) is 1.54. The van der Waals surface area contributed by atoms with Crippen LogP contribution >= 0.6 is 0 Å². The molecule has 60 valence electrons. The third kappa shape index (κ3) is 1.11. The van der Waals surface area contributed by atoms with Gasteiger partial charge in [0, 0.05) is 6.54 Å². The Bertz CT molecular complexity index is 200. The van der Waals surface area contributed by atoms with E-state index in [4.69, 9.17) is 4.74 Å². The minimum absolute atomic E-state index is 0.140. The van der Waals surface area contributed by atoms with Crippen molar-refractivity contribution in [3.63, 3.8) is 0 Å². The average molecular weight is 153 g/mol. The lowest BCUT2D eigenvalue weighted by Gasteiger charge is -2.16. The summed E-state index contributed by atoms with van der Waals surface area (Å²) in [6.45, 7) is 1.39. The second kappa shape index (κ2) is 2.57. The number of nitrogens with zero attached hydrogens (tertiary/aromatic N) is 1. The quantitative estimate of drug-likeness (QED) is 0.489. The van der Waals surface area contributed by atoms with E-state index in [1.54, 1.807) is 0 Å². The Morgan fingerprint density at radius 2 is 2.45 bits per heavy atom. The molecule has 0 aromatic carbocycles. The van der Waals surface area contributed by atoms with E-state index in [1.807, 2.05) is 4.90 Å². The first-order chi connectivity index (χ1) is 5.38. The molecule has 0 aliphatic carbocycles. The van der Waals surface area contributed by atoms with Crippen LogP contribution in [0, 0.1) is 0 Å². The van der Waals surface area contributed by atoms with Crippen LogP contribution in [0.25, 0.3) is 0 Å². The number of hydrogen-bond acceptors (Lipinski definition) is 2. The van der Waals surface area contributed by atoms with Crippen LogP contribution < -0.4 is 0 Å². The van der Waals surface area contributed by atoms with Gasteiger partial charge in [-0.3, -0.25) is 0 Å². The maximum absolute atomic E-state index is 11.0. The van der Waals surface area contributed by atoms with Gasteiger partial charge >= 0.3 is 6.09 Å². The van der Waals surface area contributed by atoms with Gasteiger partial charge in [-0.15, -0.1) is 0 Å². The molecule has 0 bridgehead atoms. The number of carbonyl (C=O) groups excluding carboxylic acids is 1. The van der Waals surface area contributed by atoms with Gasteiger partial charge in [-0.25, -0.2) is 4.79 Å². The number of carbonyl (C=O) groups is 1. The molecule has 0 aromatic rings. The summed E-state index contributed by atoms with van der Waals surface area (Å²) in [5.41, 5.74) is 0. The van der Waals surface area contributed by atoms with E-state index in [-0.39, 0.29) is 6.09 Å². The Morgan fingerprint density at radius 1 is 1.55 bits per heavy atom. The molecular weight excluding hydrogens is 142 g/mol. The number of amides is 1. The Hall–Kier alpha value is -0.990. The maximum Gasteiger partial charge on any atom is 0.410 e. The summed E-state index contributed by atoms with van der Waals surface area (Å²) in [6, 6.07) is 0.307. The van der Waals surface area contributed by atoms with Crippen molar-refractivity contribution >= 4 is 6.09 Å². The molecule has 1 fully saturated rings. The summed E-state index contributed by atoms with van der Waals surface area (Å²) in [7, 11) is 0. The van der Waals surface area contributed by atoms with Gasteiger partial charge in [-0.05, 0) is 12.8 Å². The van der Waals surface area contributed by atoms with Gasteiger partial charge < -0.3 is 9.64 Å². The molecule has 0 N–H and O–H groups in total. The van der Waals surface area contributed by atoms with Gasteiger partial charge in [-0.2, -0.15) is 0 Å². The largest absolute Gasteiger partial charge is 0.447 e. The lowest BCUT2D eigenvalue weighted by atomic mass is 10.2. The fraction of sp³-hybridized carbons (Fsp3) is 0.625. The summed E-state index contributed by atoms with van der Waals surface area (Å²) in [6.07, 6.45) is 6.04. The van der Waals surface area contributed by atoms with Crippen molar-refractivity contribution in [2.45, 2.75) is 18.9 Å². The molecule has 1 amide bonds. The zero-order valence-corrected chi connectivity index (χ0v) is 6.32. The van der Waals surface area contributed by atoms with E-state index in [9.17, 15) is 4.79 Å². The zero-order chi connectivity index (χ0) is 7.68. The molecule has 11 heavy (non-hydrogen) atoms. The Morgan fingerprint density at radius 3 is 3.36 bits per heavy atom. The minimum atomic E-state index is -0.140. The molecule has 2 rings (SSSR count). The third-order valence-electron chi connectivity index (χ3n) is 2.19. The van der Waals surface area contributed by atoms with Crippen molar-refractivity contribution in [1.29, 1.82) is 0 Å². The fourth-order valence-electron chi connectivity index (χ4n) is 1.54. The smallest absolute Gasteiger partial charge is 0.410 e. The summed E-state index contributed by atoms with van der Waals surface area (Å²) in [5, 5.41) is 0. The van der Waals surface area contributed by atoms with Crippen molar-refractivity contribution in [3.05, 3.63) is 12.2 Å². The van der Waals surface area contributed by atoms with E-state index in [1.165, 1.54) is 0 Å². The average Bonchev–Trinajstić information content (AvgIpc) is 2.25. The van der Waals surface area contributed by atoms with E-state index in [0.29, 0.717) is 12.6 Å². The number of ether oxygens (including phenoxy) is 1. The predicted octanol–water partition coefficient (Wildman–Crippen LogP) is 1.16. The molecule has 0 saturated carbocycles. The first-order valence-corrected chi connectivity index (χ1v) is 3.96. The van der Waals surface area contributed by atoms with Gasteiger partial charge in [0.15, 0.2) is 0 Å². The SMILES string of the molecule is O=C1OC[C@H]2CC=CCCN12. The molecule has 1 atom stereocenters. The van der Waals surface area contributed by atoms with Gasteiger partial charge in [0.25, 0.3) is 0 Å². The van der Waals surface area contributed by atoms with Crippen LogP contribution in [0.2, 0.25) is 0 Å². The molecule has 2 heterocycles. The molecule has 1 saturated heterocycles. The summed E-state index contributed by atoms with van der Waals surface area (Å²) in [4.78, 5) is 12.9. The van der Waals surface area contributed by atoms with Crippen molar-refractivity contribution in [2.75, 3.05) is 13.2 Å². The first-order valence-electron chi connectivity index (χ1n) is 3.96. The summed E-state index contributed by atoms with van der Waals surface area (Å²) in [5.74, 6) is 0. The van der Waals surface area contributed by atoms with Crippen LogP contribution in [0.3, 0.4) is 0 Å². The van der Waals surface area contributed by atoms with Crippen LogP contribution in [0.15, 0.2) is 12.2 Å². The van der Waals surface area contributed by atoms with Crippen LogP contribution in [0.4, 0.5) is 4.79 Å². The number of rotatable bonds is 0. The van der Waals surface area contributed by atoms with Crippen molar-refractivity contribution in [2.24, 2.45) is 0 Å². The molecule has 3 nitrogen and oxygen atoms in total. The zero-order valence-electron chi connectivity index (χ0n) is 6.32. The molecule has 2 aliphatic heterocycles. The highest BCUT2D eigenvalue weighted by Crippen LogP contribution is 2.18. The molecular formula is C8H11NO2. The lowest BCUT2D eigenvalue weighted by Crippen LogP contribution is -2.32. The van der Waals surface area contributed by atoms with Crippen molar-refractivity contribution in [3.8, 4) is 0 Å². The van der Waals surface area contributed by atoms with Crippen LogP contribution in [-0.2, 0) is 4.74 Å². The van der Waals surface area contributed by atoms with Gasteiger partial charge in [-0.1, -0.05) is 12.2 Å². The van der Waals surface area contributed by atoms with Crippen molar-refractivity contribution in [1.82, 2.24) is 4.90 Å². The second-order valence-corrected chi connectivity index (χ2v) is 2.92. The van der Waals surface area contributed by atoms with Crippen molar-refractivity contribution < 1.29 is 9.53 Å². The molecule has 0 aromatic heterocycles. The van der Waals surface area contributed by atoms with Crippen LogP contribution in [-0.4, -0.2) is 30.2 Å². The normalized spacial score (nSPS) is 29.6. The van der Waals surface area contributed by atoms with E-state index in [2.05, 4.69) is 12.2 Å². The Balaban J connectivity index is 2.11. The number of fused-ring (bicyclic) bond motifs is 1. The monoisotopic (exact) mass is 153 g/mol. The lowest BCUT2D eigenvalue weighted by molar-refractivity contribution is 0.158. The highest BCUT2D eigenvalue weighted by molar-refractivity contribution is 5.70. The molecule has 3 heteroatoms. The second-order valence-electron chi connectivity index (χ2n) is 2.92. The number of hydrogen-bond donors (Lipinski definition) is 0. The summed E-state index contributed by atoms with van der Waals surface area (Å²) >= 11 is 0. The van der Waals surface area contributed by atoms with E-state index in [0.717, 1.165) is 19.4 Å². The number of cyclic esters (lactones) is 1.